The predicted molar refractivity (Wildman–Crippen MR) is 75.1 cm³/mol. The Morgan fingerprint density at radius 1 is 1.42 bits per heavy atom. The van der Waals surface area contributed by atoms with Crippen molar-refractivity contribution in [3.05, 3.63) is 38.3 Å². The minimum atomic E-state index is -0.543. The number of ether oxygens (including phenoxy) is 1. The lowest BCUT2D eigenvalue weighted by Crippen LogP contribution is -2.17. The molecule has 104 valence electrons. The molecule has 0 aliphatic rings. The van der Waals surface area contributed by atoms with Crippen molar-refractivity contribution in [1.29, 1.82) is 0 Å². The number of carbonyl (C=O) groups excluding carboxylic acids is 1. The fourth-order valence-corrected chi connectivity index (χ4v) is 2.13. The van der Waals surface area contributed by atoms with Crippen molar-refractivity contribution >= 4 is 27.6 Å². The Bertz CT molecular complexity index is 488. The third-order valence-electron chi connectivity index (χ3n) is 2.49. The number of benzene rings is 1. The van der Waals surface area contributed by atoms with Gasteiger partial charge in [-0.3, -0.25) is 10.1 Å². The van der Waals surface area contributed by atoms with Crippen molar-refractivity contribution in [2.45, 2.75) is 33.3 Å². The van der Waals surface area contributed by atoms with Crippen LogP contribution in [-0.2, 0) is 4.74 Å². The van der Waals surface area contributed by atoms with Gasteiger partial charge in [0.05, 0.1) is 21.1 Å². The number of hydrogen-bond donors (Lipinski definition) is 0. The molecule has 0 aliphatic carbocycles. The Morgan fingerprint density at radius 3 is 2.58 bits per heavy atom. The van der Waals surface area contributed by atoms with E-state index in [2.05, 4.69) is 15.9 Å². The molecule has 1 aromatic rings. The van der Waals surface area contributed by atoms with Gasteiger partial charge in [-0.05, 0) is 47.3 Å². The Balaban J connectivity index is 2.83. The zero-order chi connectivity index (χ0) is 14.6. The molecule has 0 bridgehead atoms. The molecule has 5 nitrogen and oxygen atoms in total. The smallest absolute Gasteiger partial charge is 0.338 e. The quantitative estimate of drug-likeness (QED) is 0.466. The zero-order valence-electron chi connectivity index (χ0n) is 11.1. The predicted octanol–water partition coefficient (Wildman–Crippen LogP) is 3.95. The summed E-state index contributed by atoms with van der Waals surface area (Å²) in [5.41, 5.74) is 0.0384. The maximum absolute atomic E-state index is 11.9. The van der Waals surface area contributed by atoms with Crippen LogP contribution in [0.4, 0.5) is 5.69 Å². The van der Waals surface area contributed by atoms with Crippen LogP contribution >= 0.6 is 15.9 Å². The van der Waals surface area contributed by atoms with Crippen LogP contribution in [0, 0.1) is 16.0 Å². The maximum atomic E-state index is 11.9. The molecule has 0 saturated carbocycles. The van der Waals surface area contributed by atoms with E-state index in [-0.39, 0.29) is 17.4 Å². The lowest BCUT2D eigenvalue weighted by atomic mass is 10.1. The van der Waals surface area contributed by atoms with Gasteiger partial charge in [-0.15, -0.1) is 0 Å². The second-order valence-corrected chi connectivity index (χ2v) is 5.62. The van der Waals surface area contributed by atoms with E-state index in [0.29, 0.717) is 10.4 Å². The molecule has 0 radical (unpaired) electrons. The highest BCUT2D eigenvalue weighted by molar-refractivity contribution is 9.10. The van der Waals surface area contributed by atoms with Gasteiger partial charge >= 0.3 is 5.97 Å². The van der Waals surface area contributed by atoms with Gasteiger partial charge in [-0.25, -0.2) is 4.79 Å². The molecule has 0 saturated heterocycles. The molecule has 19 heavy (non-hydrogen) atoms. The summed E-state index contributed by atoms with van der Waals surface area (Å²) in [7, 11) is 0. The number of nitro groups is 1. The Labute approximate surface area is 120 Å². The number of nitro benzene ring substituents is 1. The van der Waals surface area contributed by atoms with E-state index in [1.807, 2.05) is 20.8 Å². The highest BCUT2D eigenvalue weighted by Crippen LogP contribution is 2.26. The lowest BCUT2D eigenvalue weighted by molar-refractivity contribution is -0.385. The van der Waals surface area contributed by atoms with E-state index in [1.165, 1.54) is 18.2 Å². The van der Waals surface area contributed by atoms with Crippen molar-refractivity contribution in [2.75, 3.05) is 0 Å². The van der Waals surface area contributed by atoms with Gasteiger partial charge in [0.15, 0.2) is 0 Å². The third-order valence-corrected chi connectivity index (χ3v) is 3.16. The topological polar surface area (TPSA) is 69.4 Å². The first-order valence-corrected chi connectivity index (χ1v) is 6.75. The maximum Gasteiger partial charge on any atom is 0.338 e. The molecule has 0 N–H and O–H groups in total. The minimum Gasteiger partial charge on any atom is -0.459 e. The Morgan fingerprint density at radius 2 is 2.05 bits per heavy atom. The van der Waals surface area contributed by atoms with E-state index in [0.717, 1.165) is 6.42 Å². The van der Waals surface area contributed by atoms with Crippen LogP contribution in [0.2, 0.25) is 0 Å². The fourth-order valence-electron chi connectivity index (χ4n) is 1.74. The van der Waals surface area contributed by atoms with E-state index in [4.69, 9.17) is 4.74 Å². The summed E-state index contributed by atoms with van der Waals surface area (Å²) in [5.74, 6) is -0.120. The number of nitrogens with zero attached hydrogens (tertiary/aromatic N) is 1. The van der Waals surface area contributed by atoms with Crippen molar-refractivity contribution < 1.29 is 14.5 Å². The molecule has 1 atom stereocenters. The highest BCUT2D eigenvalue weighted by Gasteiger charge is 2.18. The molecule has 6 heteroatoms. The van der Waals surface area contributed by atoms with Crippen LogP contribution in [0.5, 0.6) is 0 Å². The summed E-state index contributed by atoms with van der Waals surface area (Å²) in [6.45, 7) is 5.88. The second kappa shape index (κ2) is 6.65. The second-order valence-electron chi connectivity index (χ2n) is 4.77. The van der Waals surface area contributed by atoms with Crippen LogP contribution in [0.1, 0.15) is 37.6 Å². The van der Waals surface area contributed by atoms with E-state index >= 15 is 0 Å². The summed E-state index contributed by atoms with van der Waals surface area (Å²) in [6.07, 6.45) is 0.542. The highest BCUT2D eigenvalue weighted by atomic mass is 79.9. The molecule has 1 rings (SSSR count). The van der Waals surface area contributed by atoms with Crippen LogP contribution in [-0.4, -0.2) is 17.0 Å². The number of hydrogen-bond acceptors (Lipinski definition) is 4. The molecule has 0 aliphatic heterocycles. The molecule has 0 heterocycles. The standard InChI is InChI=1S/C13H16BrNO4/c1-8(2)6-9(3)19-13(16)10-4-5-11(14)12(7-10)15(17)18/h4-5,7-9H,6H2,1-3H3. The number of carbonyl (C=O) groups is 1. The average Bonchev–Trinajstić information content (AvgIpc) is 2.27. The van der Waals surface area contributed by atoms with Crippen molar-refractivity contribution in [3.8, 4) is 0 Å². The summed E-state index contributed by atoms with van der Waals surface area (Å²) < 4.78 is 5.58. The summed E-state index contributed by atoms with van der Waals surface area (Å²) in [4.78, 5) is 22.1. The first kappa shape index (κ1) is 15.6. The van der Waals surface area contributed by atoms with E-state index in [1.54, 1.807) is 0 Å². The Kier molecular flexibility index (Phi) is 5.47. The zero-order valence-corrected chi connectivity index (χ0v) is 12.6. The van der Waals surface area contributed by atoms with Crippen LogP contribution < -0.4 is 0 Å². The molecule has 0 fully saturated rings. The van der Waals surface area contributed by atoms with Gasteiger partial charge in [0.2, 0.25) is 0 Å². The van der Waals surface area contributed by atoms with Crippen molar-refractivity contribution in [1.82, 2.24) is 0 Å². The third kappa shape index (κ3) is 4.63. The van der Waals surface area contributed by atoms with Gasteiger partial charge in [0, 0.05) is 6.07 Å². The number of esters is 1. The molecular weight excluding hydrogens is 314 g/mol. The van der Waals surface area contributed by atoms with Crippen molar-refractivity contribution in [3.63, 3.8) is 0 Å². The normalized spacial score (nSPS) is 12.3. The molecule has 1 unspecified atom stereocenters. The molecule has 1 aromatic carbocycles. The van der Waals surface area contributed by atoms with Gasteiger partial charge < -0.3 is 4.74 Å². The van der Waals surface area contributed by atoms with Crippen molar-refractivity contribution in [2.24, 2.45) is 5.92 Å². The Hall–Kier alpha value is -1.43. The van der Waals surface area contributed by atoms with Gasteiger partial charge in [0.25, 0.3) is 5.69 Å². The van der Waals surface area contributed by atoms with Crippen LogP contribution in [0.3, 0.4) is 0 Å². The van der Waals surface area contributed by atoms with Crippen LogP contribution in [0.25, 0.3) is 0 Å². The lowest BCUT2D eigenvalue weighted by Gasteiger charge is -2.15. The summed E-state index contributed by atoms with van der Waals surface area (Å²) in [5, 5.41) is 10.8. The first-order valence-electron chi connectivity index (χ1n) is 5.96. The van der Waals surface area contributed by atoms with E-state index < -0.39 is 10.9 Å². The largest absolute Gasteiger partial charge is 0.459 e. The van der Waals surface area contributed by atoms with Gasteiger partial charge in [0.1, 0.15) is 0 Å². The number of rotatable bonds is 5. The van der Waals surface area contributed by atoms with Crippen LogP contribution in [0.15, 0.2) is 22.7 Å². The molecular formula is C13H16BrNO4. The van der Waals surface area contributed by atoms with E-state index in [9.17, 15) is 14.9 Å². The number of halogens is 1. The summed E-state index contributed by atoms with van der Waals surface area (Å²) in [6, 6.07) is 4.19. The first-order chi connectivity index (χ1) is 8.81. The molecule has 0 aromatic heterocycles. The molecule has 0 spiro atoms. The monoisotopic (exact) mass is 329 g/mol. The minimum absolute atomic E-state index is 0.147. The SMILES string of the molecule is CC(C)CC(C)OC(=O)c1ccc(Br)c([N+](=O)[O-])c1. The molecule has 0 amide bonds. The van der Waals surface area contributed by atoms with Gasteiger partial charge in [-0.2, -0.15) is 0 Å². The summed E-state index contributed by atoms with van der Waals surface area (Å²) >= 11 is 3.07. The van der Waals surface area contributed by atoms with Gasteiger partial charge in [-0.1, -0.05) is 13.8 Å². The average molecular weight is 330 g/mol. The fraction of sp³-hybridized carbons (Fsp3) is 0.462.